The van der Waals surface area contributed by atoms with Crippen molar-refractivity contribution in [2.75, 3.05) is 9.80 Å². The van der Waals surface area contributed by atoms with E-state index in [0.29, 0.717) is 5.92 Å². The Kier molecular flexibility index (Phi) is 10.9. The van der Waals surface area contributed by atoms with Gasteiger partial charge in [0.05, 0.1) is 11.4 Å². The average molecular weight is 1060 g/mol. The molecule has 0 amide bonds. The highest BCUT2D eigenvalue weighted by molar-refractivity contribution is 7.33. The summed E-state index contributed by atoms with van der Waals surface area (Å²) in [6.07, 6.45) is 12.4. The smallest absolute Gasteiger partial charge is 0.264 e. The van der Waals surface area contributed by atoms with E-state index in [9.17, 15) is 0 Å². The summed E-state index contributed by atoms with van der Waals surface area (Å²) in [5.41, 5.74) is 27.9. The maximum atomic E-state index is 2.84. The summed E-state index contributed by atoms with van der Waals surface area (Å²) in [6, 6.07) is 40.8. The summed E-state index contributed by atoms with van der Waals surface area (Å²) in [4.78, 5) is 5.68. The van der Waals surface area contributed by atoms with E-state index in [4.69, 9.17) is 0 Å². The van der Waals surface area contributed by atoms with Crippen LogP contribution in [0.15, 0.2) is 97.1 Å². The van der Waals surface area contributed by atoms with Gasteiger partial charge in [-0.05, 0) is 228 Å². The molecule has 3 unspecified atom stereocenters. The number of hydrogen-bond acceptors (Lipinski definition) is 3. The first kappa shape index (κ1) is 52.0. The molecule has 3 atom stereocenters. The molecule has 1 aromatic heterocycles. The molecule has 1 fully saturated rings. The minimum Gasteiger partial charge on any atom is -0.311 e. The van der Waals surface area contributed by atoms with Gasteiger partial charge in [-0.2, -0.15) is 0 Å². The molecule has 2 nitrogen and oxygen atoms in total. The largest absolute Gasteiger partial charge is 0.311 e. The van der Waals surface area contributed by atoms with Crippen LogP contribution in [0, 0.1) is 5.92 Å². The molecule has 2 bridgehead atoms. The second kappa shape index (κ2) is 16.6. The van der Waals surface area contributed by atoms with E-state index in [1.807, 2.05) is 0 Å². The third kappa shape index (κ3) is 7.45. The molecule has 0 N–H and O–H groups in total. The van der Waals surface area contributed by atoms with Gasteiger partial charge in [-0.3, -0.25) is 0 Å². The van der Waals surface area contributed by atoms with Gasteiger partial charge in [0.2, 0.25) is 0 Å². The van der Waals surface area contributed by atoms with Crippen molar-refractivity contribution >= 4 is 78.0 Å². The fraction of sp³-hybridized carbons (Fsp3) is 0.493. The molecule has 0 saturated heterocycles. The van der Waals surface area contributed by atoms with E-state index in [0.717, 1.165) is 12.3 Å². The molecule has 3 heterocycles. The summed E-state index contributed by atoms with van der Waals surface area (Å²) in [5.74, 6) is 1.33. The lowest BCUT2D eigenvalue weighted by molar-refractivity contribution is 0.191. The molecule has 0 spiro atoms. The van der Waals surface area contributed by atoms with Gasteiger partial charge < -0.3 is 9.80 Å². The first-order chi connectivity index (χ1) is 37.0. The van der Waals surface area contributed by atoms with Gasteiger partial charge in [0, 0.05) is 43.2 Å². The Hall–Kier alpha value is -5.06. The molecule has 0 radical (unpaired) electrons. The standard InChI is InChI=1S/C75H89BN2S/c1-44-46-24-21-29-75(17,43-46)53-39-50-62(40-49(44)53)79-67-66(50)77(48-25-26-51-54(38-48)71(9,10)31-30-69(51,5)6)60-36-47(68(2,3)4)37-61-65(60)76(67)57-41-55-56(73(13,14)33-32-72(55,11)12)42-59(57)78(61)58-28-27-52-64(63(58)45-22-19-18-20-23-45)74(15,16)35-34-70(52,7)8/h18-20,22-23,25-28,36-42,44,46H,21,24,29-35,43H2,1-17H3. The number of thiophene rings is 1. The van der Waals surface area contributed by atoms with E-state index in [1.54, 1.807) is 16.7 Å². The summed E-state index contributed by atoms with van der Waals surface area (Å²) in [6.45, 7) is 42.8. The summed E-state index contributed by atoms with van der Waals surface area (Å²) in [5, 5.41) is 1.45. The molecule has 6 aromatic carbocycles. The van der Waals surface area contributed by atoms with Crippen LogP contribution in [0.5, 0.6) is 0 Å². The molecule has 4 heteroatoms. The summed E-state index contributed by atoms with van der Waals surface area (Å²) in [7, 11) is 0. The zero-order chi connectivity index (χ0) is 55.7. The predicted molar refractivity (Wildman–Crippen MR) is 344 cm³/mol. The minimum absolute atomic E-state index is 0.0223. The van der Waals surface area contributed by atoms with Crippen LogP contribution in [0.4, 0.5) is 34.1 Å². The number of rotatable bonds is 3. The van der Waals surface area contributed by atoms with Crippen LogP contribution in [0.1, 0.15) is 238 Å². The van der Waals surface area contributed by atoms with E-state index in [-0.39, 0.29) is 50.0 Å². The Bertz CT molecular complexity index is 3740. The average Bonchev–Trinajstić information content (AvgIpc) is 3.66. The van der Waals surface area contributed by atoms with Crippen molar-refractivity contribution in [3.05, 3.63) is 147 Å². The minimum atomic E-state index is -0.134. The van der Waals surface area contributed by atoms with Gasteiger partial charge in [0.25, 0.3) is 6.71 Å². The van der Waals surface area contributed by atoms with Crippen LogP contribution in [0.2, 0.25) is 0 Å². The molecule has 2 aliphatic heterocycles. The molecule has 14 rings (SSSR count). The molecular formula is C75H89BN2S. The van der Waals surface area contributed by atoms with Crippen LogP contribution in [0.3, 0.4) is 0 Å². The second-order valence-corrected chi connectivity index (χ2v) is 33.1. The molecule has 5 aliphatic carbocycles. The Morgan fingerprint density at radius 1 is 0.532 bits per heavy atom. The topological polar surface area (TPSA) is 6.48 Å². The number of hydrogen-bond donors (Lipinski definition) is 0. The van der Waals surface area contributed by atoms with Crippen LogP contribution < -0.4 is 25.5 Å². The van der Waals surface area contributed by atoms with E-state index in [1.165, 1.54) is 162 Å². The summed E-state index contributed by atoms with van der Waals surface area (Å²) < 4.78 is 2.97. The zero-order valence-electron chi connectivity index (χ0n) is 51.3. The highest BCUT2D eigenvalue weighted by Gasteiger charge is 2.51. The van der Waals surface area contributed by atoms with Crippen LogP contribution >= 0.6 is 11.3 Å². The van der Waals surface area contributed by atoms with Crippen molar-refractivity contribution < 1.29 is 0 Å². The maximum absolute atomic E-state index is 2.84. The van der Waals surface area contributed by atoms with E-state index >= 15 is 0 Å². The highest BCUT2D eigenvalue weighted by Crippen LogP contribution is 2.60. The Morgan fingerprint density at radius 3 is 1.77 bits per heavy atom. The summed E-state index contributed by atoms with van der Waals surface area (Å²) >= 11 is 2.13. The van der Waals surface area contributed by atoms with E-state index < -0.39 is 0 Å². The lowest BCUT2D eigenvalue weighted by Gasteiger charge is -2.49. The monoisotopic (exact) mass is 1060 g/mol. The van der Waals surface area contributed by atoms with Crippen molar-refractivity contribution in [2.24, 2.45) is 5.92 Å². The van der Waals surface area contributed by atoms with Crippen molar-refractivity contribution in [2.45, 2.75) is 231 Å². The van der Waals surface area contributed by atoms with Crippen molar-refractivity contribution in [3.8, 4) is 11.1 Å². The normalized spacial score (nSPS) is 24.8. The molecule has 79 heavy (non-hydrogen) atoms. The first-order valence-corrected chi connectivity index (χ1v) is 31.8. The van der Waals surface area contributed by atoms with E-state index in [2.05, 4.69) is 236 Å². The van der Waals surface area contributed by atoms with Gasteiger partial charge >= 0.3 is 0 Å². The zero-order valence-corrected chi connectivity index (χ0v) is 52.2. The van der Waals surface area contributed by atoms with Crippen LogP contribution in [-0.2, 0) is 43.3 Å². The van der Waals surface area contributed by atoms with Gasteiger partial charge in [0.15, 0.2) is 0 Å². The quantitative estimate of drug-likeness (QED) is 0.163. The van der Waals surface area contributed by atoms with Gasteiger partial charge in [0.1, 0.15) is 0 Å². The number of anilines is 6. The first-order valence-electron chi connectivity index (χ1n) is 31.0. The van der Waals surface area contributed by atoms with Gasteiger partial charge in [-0.1, -0.05) is 173 Å². The molecule has 7 aliphatic rings. The lowest BCUT2D eigenvalue weighted by atomic mass is 9.35. The lowest BCUT2D eigenvalue weighted by Crippen LogP contribution is -2.61. The van der Waals surface area contributed by atoms with Crippen LogP contribution in [-0.4, -0.2) is 6.71 Å². The maximum Gasteiger partial charge on any atom is 0.264 e. The van der Waals surface area contributed by atoms with Gasteiger partial charge in [-0.25, -0.2) is 0 Å². The fourth-order valence-corrected chi connectivity index (χ4v) is 18.8. The SMILES string of the molecule is CC1c2cc3sc4c(c3cc2C2(C)CCCC1C2)N(c1ccc2c(c1)C(C)(C)CCC2(C)C)c1cc(C(C)(C)C)cc2c1B4c1cc3c(cc1N2c1ccc2c(c1-c1ccccc1)C(C)(C)CCC2(C)C)C(C)(C)CCC3(C)C. The van der Waals surface area contributed by atoms with Crippen molar-refractivity contribution in [1.29, 1.82) is 0 Å². The Labute approximate surface area is 480 Å². The number of fused-ring (bicyclic) bond motifs is 13. The van der Waals surface area contributed by atoms with Crippen LogP contribution in [0.25, 0.3) is 21.2 Å². The van der Waals surface area contributed by atoms with Crippen molar-refractivity contribution in [1.82, 2.24) is 0 Å². The Morgan fingerprint density at radius 2 is 1.11 bits per heavy atom. The predicted octanol–water partition coefficient (Wildman–Crippen LogP) is 19.6. The molecule has 408 valence electrons. The number of benzene rings is 6. The fourth-order valence-electron chi connectivity index (χ4n) is 17.5. The van der Waals surface area contributed by atoms with Gasteiger partial charge in [-0.15, -0.1) is 11.3 Å². The molecular weight excluding hydrogens is 972 g/mol. The van der Waals surface area contributed by atoms with Crippen molar-refractivity contribution in [3.63, 3.8) is 0 Å². The third-order valence-corrected chi connectivity index (χ3v) is 24.1. The number of nitrogens with zero attached hydrogens (tertiary/aromatic N) is 2. The molecule has 1 saturated carbocycles. The highest BCUT2D eigenvalue weighted by atomic mass is 32.1. The Balaban J connectivity index is 1.16. The molecule has 7 aromatic rings. The third-order valence-electron chi connectivity index (χ3n) is 22.9. The second-order valence-electron chi connectivity index (χ2n) is 32.0.